The van der Waals surface area contributed by atoms with E-state index in [-0.39, 0.29) is 5.91 Å². The Kier molecular flexibility index (Phi) is 4.28. The molecule has 0 atom stereocenters. The van der Waals surface area contributed by atoms with Crippen LogP contribution in [0.3, 0.4) is 0 Å². The molecule has 4 rings (SSSR count). The number of hydrazone groups is 1. The third kappa shape index (κ3) is 3.17. The van der Waals surface area contributed by atoms with E-state index < -0.39 is 0 Å². The van der Waals surface area contributed by atoms with Gasteiger partial charge in [0.05, 0.1) is 6.21 Å². The first kappa shape index (κ1) is 15.9. The Morgan fingerprint density at radius 3 is 2.88 bits per heavy atom. The third-order valence-electron chi connectivity index (χ3n) is 4.64. The van der Waals surface area contributed by atoms with E-state index in [0.717, 1.165) is 29.3 Å². The molecule has 126 valence electrons. The number of rotatable bonds is 3. The number of nitrogens with one attached hydrogen (secondary N) is 2. The van der Waals surface area contributed by atoms with Crippen molar-refractivity contribution < 1.29 is 4.79 Å². The SMILES string of the molecule is O=C(N/N=C\c1ccccc1Cl)c1ccc2[nH]c3c(c2c1)CCCC3. The normalized spacial score (nSPS) is 14.0. The highest BCUT2D eigenvalue weighted by molar-refractivity contribution is 6.33. The summed E-state index contributed by atoms with van der Waals surface area (Å²) < 4.78 is 0. The summed E-state index contributed by atoms with van der Waals surface area (Å²) in [6.45, 7) is 0. The number of aromatic nitrogens is 1. The van der Waals surface area contributed by atoms with Crippen molar-refractivity contribution in [1.82, 2.24) is 10.4 Å². The topological polar surface area (TPSA) is 57.2 Å². The molecule has 0 spiro atoms. The number of amides is 1. The smallest absolute Gasteiger partial charge is 0.271 e. The van der Waals surface area contributed by atoms with E-state index in [2.05, 4.69) is 15.5 Å². The molecule has 0 bridgehead atoms. The minimum absolute atomic E-state index is 0.226. The van der Waals surface area contributed by atoms with Crippen molar-refractivity contribution in [3.8, 4) is 0 Å². The Balaban J connectivity index is 1.55. The summed E-state index contributed by atoms with van der Waals surface area (Å²) in [5.41, 5.74) is 7.72. The number of hydrogen-bond acceptors (Lipinski definition) is 2. The van der Waals surface area contributed by atoms with Crippen LogP contribution in [0.5, 0.6) is 0 Å². The van der Waals surface area contributed by atoms with Gasteiger partial charge >= 0.3 is 0 Å². The molecule has 0 saturated carbocycles. The van der Waals surface area contributed by atoms with E-state index in [4.69, 9.17) is 11.6 Å². The molecular weight excluding hydrogens is 334 g/mol. The molecule has 5 heteroatoms. The number of carbonyl (C=O) groups is 1. The first-order valence-corrected chi connectivity index (χ1v) is 8.81. The Morgan fingerprint density at radius 1 is 1.16 bits per heavy atom. The fourth-order valence-electron chi connectivity index (χ4n) is 3.35. The van der Waals surface area contributed by atoms with Crippen molar-refractivity contribution in [3.63, 3.8) is 0 Å². The Morgan fingerprint density at radius 2 is 2.00 bits per heavy atom. The van der Waals surface area contributed by atoms with E-state index in [0.29, 0.717) is 10.6 Å². The number of H-pyrrole nitrogens is 1. The minimum atomic E-state index is -0.226. The number of nitrogens with zero attached hydrogens (tertiary/aromatic N) is 1. The Hall–Kier alpha value is -2.59. The largest absolute Gasteiger partial charge is 0.358 e. The monoisotopic (exact) mass is 351 g/mol. The summed E-state index contributed by atoms with van der Waals surface area (Å²) >= 11 is 6.07. The quantitative estimate of drug-likeness (QED) is 0.531. The maximum absolute atomic E-state index is 12.4. The standard InChI is InChI=1S/C20H18ClN3O/c21-17-7-3-1-5-14(17)12-22-24-20(25)13-9-10-19-16(11-13)15-6-2-4-8-18(15)23-19/h1,3,5,7,9-12,23H,2,4,6,8H2,(H,24,25)/b22-12-. The van der Waals surface area contributed by atoms with Crippen LogP contribution >= 0.6 is 11.6 Å². The van der Waals surface area contributed by atoms with E-state index in [1.165, 1.54) is 24.1 Å². The maximum Gasteiger partial charge on any atom is 0.271 e. The summed E-state index contributed by atoms with van der Waals surface area (Å²) in [5.74, 6) is -0.226. The average Bonchev–Trinajstić information content (AvgIpc) is 3.01. The molecule has 1 aliphatic carbocycles. The number of carbonyl (C=O) groups excluding carboxylic acids is 1. The first-order valence-electron chi connectivity index (χ1n) is 8.44. The lowest BCUT2D eigenvalue weighted by Gasteiger charge is -2.10. The number of aryl methyl sites for hydroxylation is 2. The molecule has 0 saturated heterocycles. The van der Waals surface area contributed by atoms with Gasteiger partial charge in [0.15, 0.2) is 0 Å². The lowest BCUT2D eigenvalue weighted by molar-refractivity contribution is 0.0955. The van der Waals surface area contributed by atoms with Crippen molar-refractivity contribution in [2.75, 3.05) is 0 Å². The fraction of sp³-hybridized carbons (Fsp3) is 0.200. The summed E-state index contributed by atoms with van der Waals surface area (Å²) in [5, 5.41) is 5.77. The highest BCUT2D eigenvalue weighted by atomic mass is 35.5. The van der Waals surface area contributed by atoms with Crippen molar-refractivity contribution in [2.45, 2.75) is 25.7 Å². The molecule has 2 aromatic carbocycles. The predicted molar refractivity (Wildman–Crippen MR) is 101 cm³/mol. The molecule has 1 aliphatic rings. The Labute approximate surface area is 150 Å². The van der Waals surface area contributed by atoms with Crippen molar-refractivity contribution in [3.05, 3.63) is 69.9 Å². The zero-order valence-corrected chi connectivity index (χ0v) is 14.4. The lowest BCUT2D eigenvalue weighted by atomic mass is 9.95. The second-order valence-corrected chi connectivity index (χ2v) is 6.68. The van der Waals surface area contributed by atoms with Crippen LogP contribution in [0.4, 0.5) is 0 Å². The molecular formula is C20H18ClN3O. The second kappa shape index (κ2) is 6.73. The lowest BCUT2D eigenvalue weighted by Crippen LogP contribution is -2.17. The number of fused-ring (bicyclic) bond motifs is 3. The van der Waals surface area contributed by atoms with E-state index in [1.54, 1.807) is 12.3 Å². The molecule has 4 nitrogen and oxygen atoms in total. The summed E-state index contributed by atoms with van der Waals surface area (Å²) in [6.07, 6.45) is 6.15. The Bertz CT molecular complexity index is 974. The van der Waals surface area contributed by atoms with Gasteiger partial charge in [-0.2, -0.15) is 5.10 Å². The van der Waals surface area contributed by atoms with Crippen LogP contribution in [-0.2, 0) is 12.8 Å². The molecule has 2 N–H and O–H groups in total. The van der Waals surface area contributed by atoms with E-state index in [9.17, 15) is 4.79 Å². The van der Waals surface area contributed by atoms with Crippen LogP contribution in [0.15, 0.2) is 47.6 Å². The summed E-state index contributed by atoms with van der Waals surface area (Å²) in [7, 11) is 0. The summed E-state index contributed by atoms with van der Waals surface area (Å²) in [4.78, 5) is 15.9. The second-order valence-electron chi connectivity index (χ2n) is 6.27. The van der Waals surface area contributed by atoms with E-state index in [1.807, 2.05) is 36.4 Å². The molecule has 0 radical (unpaired) electrons. The average molecular weight is 352 g/mol. The van der Waals surface area contributed by atoms with Gasteiger partial charge in [-0.1, -0.05) is 29.8 Å². The highest BCUT2D eigenvalue weighted by Crippen LogP contribution is 2.29. The van der Waals surface area contributed by atoms with Crippen LogP contribution in [0, 0.1) is 0 Å². The van der Waals surface area contributed by atoms with Gasteiger partial charge in [-0.05, 0) is 55.5 Å². The number of aromatic amines is 1. The minimum Gasteiger partial charge on any atom is -0.358 e. The molecule has 1 aromatic heterocycles. The van der Waals surface area contributed by atoms with Gasteiger partial charge < -0.3 is 4.98 Å². The number of halogens is 1. The van der Waals surface area contributed by atoms with E-state index >= 15 is 0 Å². The molecule has 3 aromatic rings. The first-order chi connectivity index (χ1) is 12.2. The van der Waals surface area contributed by atoms with Crippen LogP contribution < -0.4 is 5.43 Å². The molecule has 25 heavy (non-hydrogen) atoms. The van der Waals surface area contributed by atoms with Gasteiger partial charge in [0.1, 0.15) is 0 Å². The molecule has 0 unspecified atom stereocenters. The number of benzene rings is 2. The van der Waals surface area contributed by atoms with Gasteiger partial charge in [-0.15, -0.1) is 0 Å². The van der Waals surface area contributed by atoms with Crippen molar-refractivity contribution in [1.29, 1.82) is 0 Å². The van der Waals surface area contributed by atoms with Gasteiger partial charge in [0.25, 0.3) is 5.91 Å². The molecule has 1 heterocycles. The molecule has 1 amide bonds. The highest BCUT2D eigenvalue weighted by Gasteiger charge is 2.16. The van der Waals surface area contributed by atoms with Crippen LogP contribution in [0.25, 0.3) is 10.9 Å². The zero-order chi connectivity index (χ0) is 17.2. The van der Waals surface area contributed by atoms with Crippen molar-refractivity contribution >= 4 is 34.6 Å². The predicted octanol–water partition coefficient (Wildman–Crippen LogP) is 4.46. The fourth-order valence-corrected chi connectivity index (χ4v) is 3.54. The third-order valence-corrected chi connectivity index (χ3v) is 4.98. The van der Waals surface area contributed by atoms with Gasteiger partial charge in [-0.3, -0.25) is 4.79 Å². The zero-order valence-electron chi connectivity index (χ0n) is 13.7. The van der Waals surface area contributed by atoms with Gasteiger partial charge in [-0.25, -0.2) is 5.43 Å². The van der Waals surface area contributed by atoms with Gasteiger partial charge in [0, 0.05) is 32.7 Å². The summed E-state index contributed by atoms with van der Waals surface area (Å²) in [6, 6.07) is 13.1. The van der Waals surface area contributed by atoms with Gasteiger partial charge in [0.2, 0.25) is 0 Å². The van der Waals surface area contributed by atoms with Crippen LogP contribution in [0.1, 0.15) is 40.0 Å². The number of hydrogen-bond donors (Lipinski definition) is 2. The molecule has 0 aliphatic heterocycles. The van der Waals surface area contributed by atoms with Crippen molar-refractivity contribution in [2.24, 2.45) is 5.10 Å². The molecule has 0 fully saturated rings. The maximum atomic E-state index is 12.4. The van der Waals surface area contributed by atoms with Crippen LogP contribution in [-0.4, -0.2) is 17.1 Å². The van der Waals surface area contributed by atoms with Crippen LogP contribution in [0.2, 0.25) is 5.02 Å².